The fourth-order valence-corrected chi connectivity index (χ4v) is 3.22. The standard InChI is InChI=1S/C12H10BrClOS/c1-15-10-5-4-8(14)7-9(10)12(13)11-3-2-6-16-11/h2-7,12H,1H3. The number of halogens is 2. The van der Waals surface area contributed by atoms with E-state index in [1.807, 2.05) is 24.3 Å². The largest absolute Gasteiger partial charge is 0.496 e. The fraction of sp³-hybridized carbons (Fsp3) is 0.167. The van der Waals surface area contributed by atoms with Crippen molar-refractivity contribution in [1.82, 2.24) is 0 Å². The average Bonchev–Trinajstić information content (AvgIpc) is 2.81. The minimum atomic E-state index is 0.126. The highest BCUT2D eigenvalue weighted by molar-refractivity contribution is 9.09. The summed E-state index contributed by atoms with van der Waals surface area (Å²) in [4.78, 5) is 1.36. The first-order valence-electron chi connectivity index (χ1n) is 4.73. The second-order valence-electron chi connectivity index (χ2n) is 3.26. The number of ether oxygens (including phenoxy) is 1. The predicted octanol–water partition coefficient (Wildman–Crippen LogP) is 4.89. The van der Waals surface area contributed by atoms with Gasteiger partial charge in [0, 0.05) is 15.5 Å². The molecule has 0 saturated heterocycles. The number of thiophene rings is 1. The summed E-state index contributed by atoms with van der Waals surface area (Å²) in [6.07, 6.45) is 0. The lowest BCUT2D eigenvalue weighted by atomic mass is 10.1. The van der Waals surface area contributed by atoms with Gasteiger partial charge >= 0.3 is 0 Å². The van der Waals surface area contributed by atoms with Gasteiger partial charge in [-0.05, 0) is 29.6 Å². The molecule has 0 saturated carbocycles. The molecule has 2 rings (SSSR count). The van der Waals surface area contributed by atoms with Crippen LogP contribution in [0.2, 0.25) is 5.02 Å². The van der Waals surface area contributed by atoms with E-state index in [9.17, 15) is 0 Å². The average molecular weight is 318 g/mol. The molecular formula is C12H10BrClOS. The van der Waals surface area contributed by atoms with Crippen molar-refractivity contribution in [2.75, 3.05) is 7.11 Å². The smallest absolute Gasteiger partial charge is 0.123 e. The Balaban J connectivity index is 2.42. The Kier molecular flexibility index (Phi) is 3.90. The van der Waals surface area contributed by atoms with E-state index in [2.05, 4.69) is 27.4 Å². The Hall–Kier alpha value is -0.510. The lowest BCUT2D eigenvalue weighted by Crippen LogP contribution is -1.95. The lowest BCUT2D eigenvalue weighted by molar-refractivity contribution is 0.410. The van der Waals surface area contributed by atoms with E-state index in [4.69, 9.17) is 16.3 Å². The molecule has 0 fully saturated rings. The van der Waals surface area contributed by atoms with E-state index in [1.54, 1.807) is 18.4 Å². The highest BCUT2D eigenvalue weighted by atomic mass is 79.9. The first-order chi connectivity index (χ1) is 7.72. The fourth-order valence-electron chi connectivity index (χ4n) is 1.49. The van der Waals surface area contributed by atoms with Gasteiger partial charge in [-0.25, -0.2) is 0 Å². The summed E-state index contributed by atoms with van der Waals surface area (Å²) < 4.78 is 5.34. The lowest BCUT2D eigenvalue weighted by Gasteiger charge is -2.13. The van der Waals surface area contributed by atoms with Crippen molar-refractivity contribution in [3.8, 4) is 5.75 Å². The third-order valence-corrected chi connectivity index (χ3v) is 4.72. The van der Waals surface area contributed by atoms with Crippen molar-refractivity contribution in [3.05, 3.63) is 51.2 Å². The molecule has 2 aromatic rings. The van der Waals surface area contributed by atoms with Gasteiger partial charge in [-0.3, -0.25) is 0 Å². The van der Waals surface area contributed by atoms with Crippen LogP contribution in [0.4, 0.5) is 0 Å². The third kappa shape index (κ3) is 2.42. The number of benzene rings is 1. The van der Waals surface area contributed by atoms with Gasteiger partial charge < -0.3 is 4.74 Å². The van der Waals surface area contributed by atoms with Crippen molar-refractivity contribution >= 4 is 38.9 Å². The molecule has 0 bridgehead atoms. The highest BCUT2D eigenvalue weighted by Gasteiger charge is 2.16. The Morgan fingerprint density at radius 1 is 1.38 bits per heavy atom. The quantitative estimate of drug-likeness (QED) is 0.732. The van der Waals surface area contributed by atoms with Crippen LogP contribution in [0.25, 0.3) is 0 Å². The maximum atomic E-state index is 6.01. The Bertz CT molecular complexity index is 470. The van der Waals surface area contributed by atoms with Gasteiger partial charge in [0.1, 0.15) is 5.75 Å². The van der Waals surface area contributed by atoms with E-state index >= 15 is 0 Å². The summed E-state index contributed by atoms with van der Waals surface area (Å²) in [5.74, 6) is 0.847. The van der Waals surface area contributed by atoms with Gasteiger partial charge in [0.15, 0.2) is 0 Å². The minimum absolute atomic E-state index is 0.126. The molecule has 0 amide bonds. The van der Waals surface area contributed by atoms with Crippen LogP contribution < -0.4 is 4.74 Å². The molecule has 4 heteroatoms. The maximum Gasteiger partial charge on any atom is 0.123 e. The molecule has 0 N–H and O–H groups in total. The van der Waals surface area contributed by atoms with Gasteiger partial charge in [0.25, 0.3) is 0 Å². The third-order valence-electron chi connectivity index (χ3n) is 2.26. The molecule has 0 aliphatic carbocycles. The summed E-state index contributed by atoms with van der Waals surface area (Å²) in [6.45, 7) is 0. The van der Waals surface area contributed by atoms with Crippen LogP contribution in [0.3, 0.4) is 0 Å². The molecule has 1 aromatic carbocycles. The van der Waals surface area contributed by atoms with Crippen LogP contribution in [0.5, 0.6) is 5.75 Å². The van der Waals surface area contributed by atoms with E-state index in [0.29, 0.717) is 0 Å². The molecule has 1 aromatic heterocycles. The SMILES string of the molecule is COc1ccc(Cl)cc1C(Br)c1cccs1. The maximum absolute atomic E-state index is 6.01. The summed E-state index contributed by atoms with van der Waals surface area (Å²) in [5.41, 5.74) is 1.05. The zero-order valence-electron chi connectivity index (χ0n) is 8.61. The van der Waals surface area contributed by atoms with E-state index in [0.717, 1.165) is 16.3 Å². The molecule has 0 radical (unpaired) electrons. The van der Waals surface area contributed by atoms with Gasteiger partial charge in [0.05, 0.1) is 11.9 Å². The summed E-state index contributed by atoms with van der Waals surface area (Å²) in [7, 11) is 1.67. The molecule has 0 spiro atoms. The molecule has 1 atom stereocenters. The number of hydrogen-bond donors (Lipinski definition) is 0. The van der Waals surface area contributed by atoms with Crippen LogP contribution in [-0.4, -0.2) is 7.11 Å². The summed E-state index contributed by atoms with van der Waals surface area (Å²) in [6, 6.07) is 9.77. The van der Waals surface area contributed by atoms with Gasteiger partial charge in [-0.1, -0.05) is 33.6 Å². The predicted molar refractivity (Wildman–Crippen MR) is 73.1 cm³/mol. The molecule has 0 aliphatic heterocycles. The second kappa shape index (κ2) is 5.21. The van der Waals surface area contributed by atoms with Gasteiger partial charge in [-0.2, -0.15) is 0 Å². The van der Waals surface area contributed by atoms with Crippen LogP contribution in [0.15, 0.2) is 35.7 Å². The van der Waals surface area contributed by atoms with Crippen molar-refractivity contribution in [2.45, 2.75) is 4.83 Å². The minimum Gasteiger partial charge on any atom is -0.496 e. The molecule has 1 nitrogen and oxygen atoms in total. The Morgan fingerprint density at radius 3 is 2.81 bits per heavy atom. The molecule has 16 heavy (non-hydrogen) atoms. The Labute approximate surface area is 112 Å². The topological polar surface area (TPSA) is 9.23 Å². The van der Waals surface area contributed by atoms with Gasteiger partial charge in [-0.15, -0.1) is 11.3 Å². The first kappa shape index (κ1) is 12.0. The molecule has 0 aliphatic rings. The van der Waals surface area contributed by atoms with Crippen molar-refractivity contribution in [1.29, 1.82) is 0 Å². The number of methoxy groups -OCH3 is 1. The molecular weight excluding hydrogens is 308 g/mol. The summed E-state index contributed by atoms with van der Waals surface area (Å²) >= 11 is 11.4. The first-order valence-corrected chi connectivity index (χ1v) is 6.90. The normalized spacial score (nSPS) is 12.4. The monoisotopic (exact) mass is 316 g/mol. The van der Waals surface area contributed by atoms with Crippen LogP contribution in [-0.2, 0) is 0 Å². The van der Waals surface area contributed by atoms with E-state index < -0.39 is 0 Å². The van der Waals surface area contributed by atoms with Crippen molar-refractivity contribution in [2.24, 2.45) is 0 Å². The van der Waals surface area contributed by atoms with E-state index in [-0.39, 0.29) is 4.83 Å². The Morgan fingerprint density at radius 2 is 2.19 bits per heavy atom. The molecule has 84 valence electrons. The zero-order valence-corrected chi connectivity index (χ0v) is 11.8. The van der Waals surface area contributed by atoms with Crippen LogP contribution in [0, 0.1) is 0 Å². The van der Waals surface area contributed by atoms with E-state index in [1.165, 1.54) is 4.88 Å². The zero-order chi connectivity index (χ0) is 11.5. The number of alkyl halides is 1. The van der Waals surface area contributed by atoms with Crippen molar-refractivity contribution in [3.63, 3.8) is 0 Å². The van der Waals surface area contributed by atoms with Crippen LogP contribution >= 0.6 is 38.9 Å². The van der Waals surface area contributed by atoms with Crippen molar-refractivity contribution < 1.29 is 4.74 Å². The summed E-state index contributed by atoms with van der Waals surface area (Å²) in [5, 5.41) is 2.78. The van der Waals surface area contributed by atoms with Gasteiger partial charge in [0.2, 0.25) is 0 Å². The number of hydrogen-bond acceptors (Lipinski definition) is 2. The van der Waals surface area contributed by atoms with Crippen LogP contribution in [0.1, 0.15) is 15.3 Å². The molecule has 1 heterocycles. The molecule has 1 unspecified atom stereocenters. The highest BCUT2D eigenvalue weighted by Crippen LogP contribution is 2.39. The number of rotatable bonds is 3. The second-order valence-corrected chi connectivity index (χ2v) is 5.60.